The smallest absolute Gasteiger partial charge is 0.290 e. The number of aromatic amines is 1. The lowest BCUT2D eigenvalue weighted by Gasteiger charge is -2.19. The molecule has 0 aliphatic heterocycles. The molecule has 2 aromatic rings. The fraction of sp³-hybridized carbons (Fsp3) is 0.286. The van der Waals surface area contributed by atoms with Crippen LogP contribution in [0.1, 0.15) is 6.42 Å². The van der Waals surface area contributed by atoms with Crippen molar-refractivity contribution in [2.75, 3.05) is 30.4 Å². The first-order valence-corrected chi connectivity index (χ1v) is 6.31. The standard InChI is InChI=1S/C14H18N4O/c1-18(12-6-3-2-4-7-12)11-5-8-15-13-14(19)17-10-9-16-13/h2-4,6-7,9-10H,5,8,11H2,1H3,(H,15,16)(H,17,19). The molecule has 1 aromatic heterocycles. The number of hydrogen-bond acceptors (Lipinski definition) is 4. The lowest BCUT2D eigenvalue weighted by molar-refractivity contribution is 0.812. The summed E-state index contributed by atoms with van der Waals surface area (Å²) in [7, 11) is 2.06. The van der Waals surface area contributed by atoms with Gasteiger partial charge in [-0.3, -0.25) is 4.79 Å². The minimum absolute atomic E-state index is 0.182. The third-order valence-electron chi connectivity index (χ3n) is 2.87. The summed E-state index contributed by atoms with van der Waals surface area (Å²) in [5, 5.41) is 3.04. The van der Waals surface area contributed by atoms with Crippen molar-refractivity contribution in [2.24, 2.45) is 0 Å². The molecule has 0 bridgehead atoms. The van der Waals surface area contributed by atoms with Crippen LogP contribution in [0.15, 0.2) is 47.5 Å². The normalized spacial score (nSPS) is 10.2. The van der Waals surface area contributed by atoms with Crippen LogP contribution in [-0.2, 0) is 0 Å². The van der Waals surface area contributed by atoms with Gasteiger partial charge in [-0.25, -0.2) is 4.98 Å². The number of benzene rings is 1. The van der Waals surface area contributed by atoms with Crippen molar-refractivity contribution < 1.29 is 0 Å². The highest BCUT2D eigenvalue weighted by Gasteiger charge is 2.01. The van der Waals surface area contributed by atoms with Crippen molar-refractivity contribution in [1.82, 2.24) is 9.97 Å². The number of hydrogen-bond donors (Lipinski definition) is 2. The molecule has 0 fully saturated rings. The molecule has 2 rings (SSSR count). The van der Waals surface area contributed by atoms with E-state index in [4.69, 9.17) is 0 Å². The second kappa shape index (κ2) is 6.58. The van der Waals surface area contributed by atoms with Crippen molar-refractivity contribution in [3.8, 4) is 0 Å². The van der Waals surface area contributed by atoms with Crippen LogP contribution in [0, 0.1) is 0 Å². The number of H-pyrrole nitrogens is 1. The van der Waals surface area contributed by atoms with E-state index >= 15 is 0 Å². The number of nitrogens with zero attached hydrogens (tertiary/aromatic N) is 2. The molecule has 0 aliphatic carbocycles. The van der Waals surface area contributed by atoms with E-state index in [2.05, 4.69) is 39.4 Å². The van der Waals surface area contributed by atoms with Crippen molar-refractivity contribution in [1.29, 1.82) is 0 Å². The van der Waals surface area contributed by atoms with E-state index in [1.807, 2.05) is 18.2 Å². The van der Waals surface area contributed by atoms with Crippen LogP contribution >= 0.6 is 0 Å². The first kappa shape index (κ1) is 13.1. The maximum atomic E-state index is 11.4. The molecule has 0 atom stereocenters. The molecule has 0 radical (unpaired) electrons. The van der Waals surface area contributed by atoms with E-state index in [1.54, 1.807) is 6.20 Å². The second-order valence-corrected chi connectivity index (χ2v) is 4.30. The number of nitrogens with one attached hydrogen (secondary N) is 2. The summed E-state index contributed by atoms with van der Waals surface area (Å²) >= 11 is 0. The lowest BCUT2D eigenvalue weighted by Crippen LogP contribution is -2.22. The highest BCUT2D eigenvalue weighted by atomic mass is 16.1. The monoisotopic (exact) mass is 258 g/mol. The molecule has 0 saturated carbocycles. The van der Waals surface area contributed by atoms with Gasteiger partial charge in [0.25, 0.3) is 5.56 Å². The summed E-state index contributed by atoms with van der Waals surface area (Å²) in [5.74, 6) is 0.380. The second-order valence-electron chi connectivity index (χ2n) is 4.30. The molecule has 0 amide bonds. The van der Waals surface area contributed by atoms with E-state index in [-0.39, 0.29) is 5.56 Å². The zero-order valence-corrected chi connectivity index (χ0v) is 11.0. The van der Waals surface area contributed by atoms with Gasteiger partial charge in [0.1, 0.15) is 0 Å². The molecular formula is C14H18N4O. The molecule has 0 saturated heterocycles. The van der Waals surface area contributed by atoms with Gasteiger partial charge in [-0.1, -0.05) is 18.2 Å². The maximum Gasteiger partial charge on any atom is 0.290 e. The van der Waals surface area contributed by atoms with E-state index in [0.717, 1.165) is 19.5 Å². The number of aromatic nitrogens is 2. The number of anilines is 2. The van der Waals surface area contributed by atoms with Crippen LogP contribution in [0.5, 0.6) is 0 Å². The molecule has 1 heterocycles. The summed E-state index contributed by atoms with van der Waals surface area (Å²) in [6, 6.07) is 10.2. The zero-order chi connectivity index (χ0) is 13.5. The van der Waals surface area contributed by atoms with Gasteiger partial charge in [0.15, 0.2) is 5.82 Å². The first-order valence-electron chi connectivity index (χ1n) is 6.31. The Bertz CT molecular complexity index is 553. The predicted molar refractivity (Wildman–Crippen MR) is 77.7 cm³/mol. The van der Waals surface area contributed by atoms with Crippen LogP contribution < -0.4 is 15.8 Å². The average Bonchev–Trinajstić information content (AvgIpc) is 2.46. The Morgan fingerprint density at radius 1 is 1.32 bits per heavy atom. The van der Waals surface area contributed by atoms with E-state index in [9.17, 15) is 4.79 Å². The molecule has 1 aromatic carbocycles. The molecule has 0 aliphatic rings. The first-order chi connectivity index (χ1) is 9.27. The van der Waals surface area contributed by atoms with Crippen molar-refractivity contribution in [2.45, 2.75) is 6.42 Å². The molecule has 0 unspecified atom stereocenters. The Morgan fingerprint density at radius 3 is 2.84 bits per heavy atom. The Labute approximate surface area is 112 Å². The van der Waals surface area contributed by atoms with Crippen molar-refractivity contribution >= 4 is 11.5 Å². The largest absolute Gasteiger partial charge is 0.375 e. The number of rotatable bonds is 6. The van der Waals surface area contributed by atoms with E-state index < -0.39 is 0 Å². The molecule has 19 heavy (non-hydrogen) atoms. The van der Waals surface area contributed by atoms with Crippen molar-refractivity contribution in [3.63, 3.8) is 0 Å². The molecular weight excluding hydrogens is 240 g/mol. The minimum Gasteiger partial charge on any atom is -0.375 e. The summed E-state index contributed by atoms with van der Waals surface area (Å²) < 4.78 is 0. The van der Waals surface area contributed by atoms with Gasteiger partial charge in [0.05, 0.1) is 0 Å². The van der Waals surface area contributed by atoms with Gasteiger partial charge in [0.2, 0.25) is 0 Å². The fourth-order valence-electron chi connectivity index (χ4n) is 1.81. The minimum atomic E-state index is -0.182. The van der Waals surface area contributed by atoms with Crippen LogP contribution in [0.25, 0.3) is 0 Å². The van der Waals surface area contributed by atoms with Gasteiger partial charge in [-0.05, 0) is 18.6 Å². The van der Waals surface area contributed by atoms with Gasteiger partial charge in [0, 0.05) is 38.2 Å². The van der Waals surface area contributed by atoms with Gasteiger partial charge >= 0.3 is 0 Å². The SMILES string of the molecule is CN(CCCNc1ncc[nH]c1=O)c1ccccc1. The predicted octanol–water partition coefficient (Wildman–Crippen LogP) is 1.71. The van der Waals surface area contributed by atoms with Gasteiger partial charge < -0.3 is 15.2 Å². The van der Waals surface area contributed by atoms with Crippen molar-refractivity contribution in [3.05, 3.63) is 53.1 Å². The topological polar surface area (TPSA) is 61.0 Å². The summed E-state index contributed by atoms with van der Waals surface area (Å²) in [4.78, 5) is 20.1. The van der Waals surface area contributed by atoms with Crippen LogP contribution in [0.4, 0.5) is 11.5 Å². The summed E-state index contributed by atoms with van der Waals surface area (Å²) in [6.45, 7) is 1.64. The molecule has 2 N–H and O–H groups in total. The molecule has 100 valence electrons. The highest BCUT2D eigenvalue weighted by molar-refractivity contribution is 5.44. The molecule has 5 heteroatoms. The quantitative estimate of drug-likeness (QED) is 0.774. The summed E-state index contributed by atoms with van der Waals surface area (Å²) in [5.41, 5.74) is 1.01. The lowest BCUT2D eigenvalue weighted by atomic mass is 10.3. The Balaban J connectivity index is 1.76. The Hall–Kier alpha value is -2.30. The summed E-state index contributed by atoms with van der Waals surface area (Å²) in [6.07, 6.45) is 4.03. The Morgan fingerprint density at radius 2 is 2.11 bits per heavy atom. The fourth-order valence-corrected chi connectivity index (χ4v) is 1.81. The van der Waals surface area contributed by atoms with E-state index in [0.29, 0.717) is 5.82 Å². The zero-order valence-electron chi connectivity index (χ0n) is 11.0. The third-order valence-corrected chi connectivity index (χ3v) is 2.87. The molecule has 5 nitrogen and oxygen atoms in total. The highest BCUT2D eigenvalue weighted by Crippen LogP contribution is 2.10. The third kappa shape index (κ3) is 3.84. The van der Waals surface area contributed by atoms with Crippen LogP contribution in [0.2, 0.25) is 0 Å². The van der Waals surface area contributed by atoms with Crippen LogP contribution in [0.3, 0.4) is 0 Å². The van der Waals surface area contributed by atoms with Gasteiger partial charge in [-0.15, -0.1) is 0 Å². The van der Waals surface area contributed by atoms with Gasteiger partial charge in [-0.2, -0.15) is 0 Å². The average molecular weight is 258 g/mol. The maximum absolute atomic E-state index is 11.4. The van der Waals surface area contributed by atoms with E-state index in [1.165, 1.54) is 11.9 Å². The van der Waals surface area contributed by atoms with Crippen LogP contribution in [-0.4, -0.2) is 30.1 Å². The Kier molecular flexibility index (Phi) is 4.55. The number of para-hydroxylation sites is 1. The molecule has 0 spiro atoms.